The number of anilines is 1. The van der Waals surface area contributed by atoms with Crippen molar-refractivity contribution in [3.05, 3.63) is 118 Å². The van der Waals surface area contributed by atoms with Gasteiger partial charge in [-0.2, -0.15) is 0 Å². The van der Waals surface area contributed by atoms with Gasteiger partial charge in [0.05, 0.1) is 38.3 Å². The lowest BCUT2D eigenvalue weighted by atomic mass is 9.59. The van der Waals surface area contributed by atoms with Crippen molar-refractivity contribution in [3.8, 4) is 17.2 Å². The van der Waals surface area contributed by atoms with E-state index in [0.717, 1.165) is 22.3 Å². The maximum atomic E-state index is 14.3. The highest BCUT2D eigenvalue weighted by atomic mass is 16.5. The van der Waals surface area contributed by atoms with Crippen LogP contribution in [-0.2, 0) is 19.2 Å². The molecule has 1 heterocycles. The van der Waals surface area contributed by atoms with E-state index < -0.39 is 23.7 Å². The Hall–Kier alpha value is -5.54. The molecule has 1 aliphatic heterocycles. The molecule has 50 heavy (non-hydrogen) atoms. The number of amides is 2. The van der Waals surface area contributed by atoms with Crippen molar-refractivity contribution in [1.29, 1.82) is 0 Å². The molecule has 2 amide bonds. The highest BCUT2D eigenvalue weighted by molar-refractivity contribution is 6.25. The van der Waals surface area contributed by atoms with Gasteiger partial charge in [-0.3, -0.25) is 24.1 Å². The van der Waals surface area contributed by atoms with Crippen molar-refractivity contribution in [2.45, 2.75) is 25.7 Å². The molecule has 0 saturated carbocycles. The first-order valence-corrected chi connectivity index (χ1v) is 16.7. The average molecular weight is 672 g/mol. The predicted octanol–water partition coefficient (Wildman–Crippen LogP) is 5.88. The number of Topliss-reactive ketones (excluding diaryl/α,β-unsaturated/α-hetero) is 1. The molecule has 0 aromatic heterocycles. The Labute approximate surface area is 290 Å². The number of hydrogen-bond donors (Lipinski definition) is 1. The number of hydrogen-bond acceptors (Lipinski definition) is 8. The summed E-state index contributed by atoms with van der Waals surface area (Å²) < 4.78 is 16.4. The Morgan fingerprint density at radius 1 is 0.860 bits per heavy atom. The summed E-state index contributed by atoms with van der Waals surface area (Å²) in [6, 6.07) is 20.1. The summed E-state index contributed by atoms with van der Waals surface area (Å²) in [5.41, 5.74) is 5.12. The molecule has 1 saturated heterocycles. The van der Waals surface area contributed by atoms with E-state index in [0.29, 0.717) is 46.1 Å². The van der Waals surface area contributed by atoms with E-state index in [-0.39, 0.29) is 43.0 Å². The second-order valence-corrected chi connectivity index (χ2v) is 12.9. The second-order valence-electron chi connectivity index (χ2n) is 12.9. The smallest absolute Gasteiger partial charge is 0.238 e. The predicted molar refractivity (Wildman–Crippen MR) is 188 cm³/mol. The Balaban J connectivity index is 1.19. The van der Waals surface area contributed by atoms with Crippen LogP contribution in [0.15, 0.2) is 101 Å². The monoisotopic (exact) mass is 671 g/mol. The highest BCUT2D eigenvalue weighted by Gasteiger charge is 2.56. The Morgan fingerprint density at radius 3 is 2.30 bits per heavy atom. The van der Waals surface area contributed by atoms with Crippen LogP contribution in [0.1, 0.15) is 42.4 Å². The second kappa shape index (κ2) is 13.4. The van der Waals surface area contributed by atoms with E-state index in [1.165, 1.54) is 11.0 Å². The fourth-order valence-corrected chi connectivity index (χ4v) is 7.81. The first-order valence-electron chi connectivity index (χ1n) is 16.7. The van der Waals surface area contributed by atoms with Crippen LogP contribution in [0.5, 0.6) is 17.2 Å². The number of methoxy groups -OCH3 is 2. The Morgan fingerprint density at radius 2 is 1.60 bits per heavy atom. The molecule has 1 fully saturated rings. The SMILES string of the molecule is COc1ccc(OC)c(C=Cc2ccc(N3C(=O)C4CC=C5C(c6ccc(OCCO)cc6)C6=C(CC5C4C3=O)C(=O)C=C(C)C6=O)cc2)c1. The molecule has 1 N–H and O–H groups in total. The van der Waals surface area contributed by atoms with Crippen LogP contribution >= 0.6 is 0 Å². The van der Waals surface area contributed by atoms with Crippen molar-refractivity contribution in [1.82, 2.24) is 0 Å². The van der Waals surface area contributed by atoms with Gasteiger partial charge in [-0.25, -0.2) is 0 Å². The number of ketones is 2. The van der Waals surface area contributed by atoms with E-state index >= 15 is 0 Å². The molecule has 4 atom stereocenters. The fraction of sp³-hybridized carbons (Fsp3) is 0.268. The molecule has 0 radical (unpaired) electrons. The molecule has 0 bridgehead atoms. The number of fused-ring (bicyclic) bond motifs is 3. The van der Waals surface area contributed by atoms with Crippen molar-refractivity contribution in [2.24, 2.45) is 17.8 Å². The van der Waals surface area contributed by atoms with Gasteiger partial charge in [-0.1, -0.05) is 48.1 Å². The number of imide groups is 1. The number of nitrogens with zero attached hydrogens (tertiary/aromatic N) is 1. The Bertz CT molecular complexity index is 2020. The number of ether oxygens (including phenoxy) is 3. The normalized spacial score (nSPS) is 23.0. The van der Waals surface area contributed by atoms with Gasteiger partial charge in [0.1, 0.15) is 23.9 Å². The third-order valence-electron chi connectivity index (χ3n) is 10.2. The van der Waals surface area contributed by atoms with Gasteiger partial charge in [0.2, 0.25) is 11.8 Å². The first-order chi connectivity index (χ1) is 24.2. The molecule has 4 aliphatic rings. The molecule has 3 aromatic carbocycles. The van der Waals surface area contributed by atoms with Crippen LogP contribution < -0.4 is 19.1 Å². The molecule has 4 unspecified atom stereocenters. The van der Waals surface area contributed by atoms with Gasteiger partial charge in [0.15, 0.2) is 11.6 Å². The van der Waals surface area contributed by atoms with Crippen LogP contribution in [0.4, 0.5) is 5.69 Å². The summed E-state index contributed by atoms with van der Waals surface area (Å²) in [5.74, 6) is -1.19. The maximum absolute atomic E-state index is 14.3. The minimum absolute atomic E-state index is 0.120. The topological polar surface area (TPSA) is 119 Å². The lowest BCUT2D eigenvalue weighted by Gasteiger charge is -2.42. The van der Waals surface area contributed by atoms with Gasteiger partial charge < -0.3 is 19.3 Å². The first kappa shape index (κ1) is 33.0. The number of carbonyl (C=O) groups excluding carboxylic acids is 4. The van der Waals surface area contributed by atoms with Gasteiger partial charge in [0, 0.05) is 28.2 Å². The summed E-state index contributed by atoms with van der Waals surface area (Å²) in [6.45, 7) is 1.68. The van der Waals surface area contributed by atoms with Gasteiger partial charge in [-0.15, -0.1) is 0 Å². The van der Waals surface area contributed by atoms with Gasteiger partial charge in [0.25, 0.3) is 0 Å². The molecule has 3 aliphatic carbocycles. The Kier molecular flexibility index (Phi) is 8.84. The molecule has 9 nitrogen and oxygen atoms in total. The van der Waals surface area contributed by atoms with E-state index in [1.54, 1.807) is 45.4 Å². The van der Waals surface area contributed by atoms with Crippen LogP contribution in [0.2, 0.25) is 0 Å². The summed E-state index contributed by atoms with van der Waals surface area (Å²) in [4.78, 5) is 56.6. The largest absolute Gasteiger partial charge is 0.497 e. The zero-order valence-electron chi connectivity index (χ0n) is 28.1. The molecular weight excluding hydrogens is 634 g/mol. The number of allylic oxidation sites excluding steroid dienone is 6. The molecule has 3 aromatic rings. The van der Waals surface area contributed by atoms with Crippen LogP contribution in [0.3, 0.4) is 0 Å². The van der Waals surface area contributed by atoms with Gasteiger partial charge in [-0.05, 0) is 85.4 Å². The summed E-state index contributed by atoms with van der Waals surface area (Å²) in [6.07, 6.45) is 7.80. The highest BCUT2D eigenvalue weighted by Crippen LogP contribution is 2.55. The van der Waals surface area contributed by atoms with Crippen molar-refractivity contribution < 1.29 is 38.5 Å². The zero-order valence-corrected chi connectivity index (χ0v) is 28.1. The van der Waals surface area contributed by atoms with Crippen molar-refractivity contribution in [3.63, 3.8) is 0 Å². The zero-order chi connectivity index (χ0) is 35.1. The van der Waals surface area contributed by atoms with E-state index in [9.17, 15) is 19.2 Å². The molecular formula is C41H37NO8. The standard InChI is InChI=1S/C41H37NO8/c1-23-20-34(44)33-22-32-30(36(38(33)39(23)45)25-8-12-28(13-9-25)50-19-18-43)15-16-31-37(32)41(47)42(40(31)46)27-10-5-24(6-11-27)4-7-26-21-29(48-2)14-17-35(26)49-3/h4-15,17,20-21,31-32,36-37,43H,16,18-19,22H2,1-3H3. The number of carbonyl (C=O) groups is 4. The number of benzene rings is 3. The number of aliphatic hydroxyl groups is 1. The molecule has 7 rings (SSSR count). The molecule has 0 spiro atoms. The number of rotatable bonds is 9. The third kappa shape index (κ3) is 5.67. The third-order valence-corrected chi connectivity index (χ3v) is 10.2. The van der Waals surface area contributed by atoms with Crippen LogP contribution in [0, 0.1) is 17.8 Å². The minimum atomic E-state index is -0.666. The average Bonchev–Trinajstić information content (AvgIpc) is 3.40. The lowest BCUT2D eigenvalue weighted by Crippen LogP contribution is -2.39. The van der Waals surface area contributed by atoms with E-state index in [4.69, 9.17) is 19.3 Å². The molecule has 254 valence electrons. The van der Waals surface area contributed by atoms with Crippen LogP contribution in [0.25, 0.3) is 12.2 Å². The van der Waals surface area contributed by atoms with Gasteiger partial charge >= 0.3 is 0 Å². The summed E-state index contributed by atoms with van der Waals surface area (Å²) in [7, 11) is 3.21. The van der Waals surface area contributed by atoms with Crippen molar-refractivity contribution >= 4 is 41.2 Å². The summed E-state index contributed by atoms with van der Waals surface area (Å²) >= 11 is 0. The van der Waals surface area contributed by atoms with E-state index in [1.807, 2.05) is 60.7 Å². The minimum Gasteiger partial charge on any atom is -0.497 e. The summed E-state index contributed by atoms with van der Waals surface area (Å²) in [5, 5.41) is 9.16. The molecule has 9 heteroatoms. The fourth-order valence-electron chi connectivity index (χ4n) is 7.81. The van der Waals surface area contributed by atoms with Crippen molar-refractivity contribution in [2.75, 3.05) is 32.3 Å². The number of aliphatic hydroxyl groups excluding tert-OH is 1. The maximum Gasteiger partial charge on any atom is 0.238 e. The lowest BCUT2D eigenvalue weighted by molar-refractivity contribution is -0.123. The quantitative estimate of drug-likeness (QED) is 0.130. The van der Waals surface area contributed by atoms with E-state index in [2.05, 4.69) is 0 Å². The van der Waals surface area contributed by atoms with Crippen LogP contribution in [-0.4, -0.2) is 55.9 Å².